The van der Waals surface area contributed by atoms with Crippen molar-refractivity contribution in [3.63, 3.8) is 0 Å². The monoisotopic (exact) mass is 228 g/mol. The fourth-order valence-electron chi connectivity index (χ4n) is 1.80. The molecule has 1 aliphatic rings. The number of carbonyl (C=O) groups excluding carboxylic acids is 1. The zero-order valence-corrected chi connectivity index (χ0v) is 10.8. The van der Waals surface area contributed by atoms with Gasteiger partial charge in [-0.3, -0.25) is 4.79 Å². The minimum absolute atomic E-state index is 0.161. The third-order valence-corrected chi connectivity index (χ3v) is 2.59. The molecule has 16 heavy (non-hydrogen) atoms. The summed E-state index contributed by atoms with van der Waals surface area (Å²) in [4.78, 5) is 11.7. The quantitative estimate of drug-likeness (QED) is 0.709. The number of hydrogen-bond acceptors (Lipinski definition) is 4. The molecule has 0 radical (unpaired) electrons. The van der Waals surface area contributed by atoms with Gasteiger partial charge in [0.05, 0.1) is 0 Å². The molecule has 2 N–H and O–H groups in total. The van der Waals surface area contributed by atoms with E-state index in [2.05, 4.69) is 10.6 Å². The van der Waals surface area contributed by atoms with Crippen LogP contribution < -0.4 is 10.6 Å². The van der Waals surface area contributed by atoms with Gasteiger partial charge in [0.1, 0.15) is 11.6 Å². The summed E-state index contributed by atoms with van der Waals surface area (Å²) >= 11 is 0. The van der Waals surface area contributed by atoms with Crippen LogP contribution in [0.4, 0.5) is 0 Å². The fraction of sp³-hybridized carbons (Fsp3) is 0.917. The summed E-state index contributed by atoms with van der Waals surface area (Å²) in [5, 5.41) is 6.63. The van der Waals surface area contributed by atoms with Gasteiger partial charge in [-0.15, -0.1) is 0 Å². The Morgan fingerprint density at radius 3 is 2.44 bits per heavy atom. The van der Waals surface area contributed by atoms with Crippen molar-refractivity contribution in [2.45, 2.75) is 58.2 Å². The van der Waals surface area contributed by atoms with Crippen LogP contribution in [0.2, 0.25) is 0 Å². The lowest BCUT2D eigenvalue weighted by Gasteiger charge is -2.28. The Kier molecular flexibility index (Phi) is 4.74. The van der Waals surface area contributed by atoms with Crippen molar-refractivity contribution >= 4 is 5.97 Å². The molecule has 1 heterocycles. The molecule has 0 aromatic rings. The number of hydrogen-bond donors (Lipinski definition) is 2. The second-order valence-electron chi connectivity index (χ2n) is 5.45. The van der Waals surface area contributed by atoms with Crippen molar-refractivity contribution in [2.75, 3.05) is 13.1 Å². The van der Waals surface area contributed by atoms with Gasteiger partial charge < -0.3 is 15.4 Å². The summed E-state index contributed by atoms with van der Waals surface area (Å²) in [7, 11) is 0. The molecule has 1 fully saturated rings. The molecule has 0 unspecified atom stereocenters. The van der Waals surface area contributed by atoms with E-state index in [9.17, 15) is 4.79 Å². The van der Waals surface area contributed by atoms with Crippen LogP contribution in [0.15, 0.2) is 0 Å². The van der Waals surface area contributed by atoms with Crippen molar-refractivity contribution in [1.29, 1.82) is 0 Å². The van der Waals surface area contributed by atoms with Gasteiger partial charge in [0, 0.05) is 6.04 Å². The molecule has 1 saturated heterocycles. The van der Waals surface area contributed by atoms with Crippen LogP contribution in [0.5, 0.6) is 0 Å². The first-order valence-corrected chi connectivity index (χ1v) is 6.08. The van der Waals surface area contributed by atoms with Crippen molar-refractivity contribution in [2.24, 2.45) is 0 Å². The summed E-state index contributed by atoms with van der Waals surface area (Å²) in [5.41, 5.74) is -0.402. The molecule has 1 aliphatic heterocycles. The first-order chi connectivity index (χ1) is 7.38. The summed E-state index contributed by atoms with van der Waals surface area (Å²) in [6.07, 6.45) is 2.15. The standard InChI is InChI=1S/C12H24N2O2/c1-9(11(15)16-12(2,3)4)14-10-5-7-13-8-6-10/h9-10,13-14H,5-8H2,1-4H3/t9-/m0/s1. The highest BCUT2D eigenvalue weighted by atomic mass is 16.6. The van der Waals surface area contributed by atoms with E-state index in [1.54, 1.807) is 0 Å². The summed E-state index contributed by atoms with van der Waals surface area (Å²) in [6.45, 7) is 9.60. The Morgan fingerprint density at radius 2 is 1.94 bits per heavy atom. The predicted molar refractivity (Wildman–Crippen MR) is 64.3 cm³/mol. The third-order valence-electron chi connectivity index (χ3n) is 2.59. The van der Waals surface area contributed by atoms with Crippen LogP contribution in [-0.4, -0.2) is 36.7 Å². The van der Waals surface area contributed by atoms with Gasteiger partial charge in [-0.2, -0.15) is 0 Å². The summed E-state index contributed by atoms with van der Waals surface area (Å²) < 4.78 is 5.32. The Morgan fingerprint density at radius 1 is 1.38 bits per heavy atom. The number of piperidine rings is 1. The van der Waals surface area contributed by atoms with E-state index >= 15 is 0 Å². The number of ether oxygens (including phenoxy) is 1. The smallest absolute Gasteiger partial charge is 0.323 e. The van der Waals surface area contributed by atoms with Crippen molar-refractivity contribution < 1.29 is 9.53 Å². The molecule has 0 aromatic carbocycles. The minimum atomic E-state index is -0.402. The largest absolute Gasteiger partial charge is 0.459 e. The molecule has 4 heteroatoms. The summed E-state index contributed by atoms with van der Waals surface area (Å²) in [5.74, 6) is -0.161. The number of esters is 1. The lowest BCUT2D eigenvalue weighted by Crippen LogP contribution is -2.48. The number of nitrogens with one attached hydrogen (secondary N) is 2. The molecular weight excluding hydrogens is 204 g/mol. The number of rotatable bonds is 3. The van der Waals surface area contributed by atoms with Gasteiger partial charge in [0.15, 0.2) is 0 Å². The first-order valence-electron chi connectivity index (χ1n) is 6.08. The van der Waals surface area contributed by atoms with Gasteiger partial charge in [0.25, 0.3) is 0 Å². The topological polar surface area (TPSA) is 50.4 Å². The second kappa shape index (κ2) is 5.64. The van der Waals surface area contributed by atoms with Gasteiger partial charge in [-0.1, -0.05) is 0 Å². The average Bonchev–Trinajstić information content (AvgIpc) is 2.16. The van der Waals surface area contributed by atoms with E-state index in [1.807, 2.05) is 27.7 Å². The van der Waals surface area contributed by atoms with E-state index in [4.69, 9.17) is 4.74 Å². The normalized spacial score (nSPS) is 20.5. The van der Waals surface area contributed by atoms with E-state index in [0.29, 0.717) is 6.04 Å². The predicted octanol–water partition coefficient (Wildman–Crippen LogP) is 1.06. The average molecular weight is 228 g/mol. The first kappa shape index (κ1) is 13.5. The Labute approximate surface area is 98.1 Å². The Bertz CT molecular complexity index is 230. The van der Waals surface area contributed by atoms with Gasteiger partial charge in [0.2, 0.25) is 0 Å². The highest BCUT2D eigenvalue weighted by molar-refractivity contribution is 5.75. The van der Waals surface area contributed by atoms with Crippen molar-refractivity contribution in [3.05, 3.63) is 0 Å². The van der Waals surface area contributed by atoms with Crippen LogP contribution in [0.25, 0.3) is 0 Å². The molecular formula is C12H24N2O2. The number of carbonyl (C=O) groups is 1. The van der Waals surface area contributed by atoms with E-state index < -0.39 is 5.60 Å². The molecule has 0 spiro atoms. The Balaban J connectivity index is 2.33. The fourth-order valence-corrected chi connectivity index (χ4v) is 1.80. The van der Waals surface area contributed by atoms with Gasteiger partial charge >= 0.3 is 5.97 Å². The molecule has 1 rings (SSSR count). The SMILES string of the molecule is C[C@H](NC1CCNCC1)C(=O)OC(C)(C)C. The second-order valence-corrected chi connectivity index (χ2v) is 5.45. The molecule has 0 aromatic heterocycles. The lowest BCUT2D eigenvalue weighted by atomic mass is 10.1. The van der Waals surface area contributed by atoms with Crippen LogP contribution in [-0.2, 0) is 9.53 Å². The zero-order valence-electron chi connectivity index (χ0n) is 10.8. The van der Waals surface area contributed by atoms with Gasteiger partial charge in [-0.05, 0) is 53.6 Å². The zero-order chi connectivity index (χ0) is 12.2. The minimum Gasteiger partial charge on any atom is -0.459 e. The molecule has 0 aliphatic carbocycles. The maximum absolute atomic E-state index is 11.7. The van der Waals surface area contributed by atoms with Gasteiger partial charge in [-0.25, -0.2) is 0 Å². The summed E-state index contributed by atoms with van der Waals surface area (Å²) in [6, 6.07) is 0.214. The van der Waals surface area contributed by atoms with Crippen LogP contribution in [0, 0.1) is 0 Å². The molecule has 4 nitrogen and oxygen atoms in total. The van der Waals surface area contributed by atoms with E-state index in [0.717, 1.165) is 25.9 Å². The van der Waals surface area contributed by atoms with Crippen LogP contribution >= 0.6 is 0 Å². The van der Waals surface area contributed by atoms with E-state index in [-0.39, 0.29) is 12.0 Å². The molecule has 0 bridgehead atoms. The van der Waals surface area contributed by atoms with Crippen molar-refractivity contribution in [1.82, 2.24) is 10.6 Å². The molecule has 94 valence electrons. The highest BCUT2D eigenvalue weighted by Crippen LogP contribution is 2.10. The Hall–Kier alpha value is -0.610. The maximum Gasteiger partial charge on any atom is 0.323 e. The molecule has 1 atom stereocenters. The maximum atomic E-state index is 11.7. The molecule has 0 saturated carbocycles. The van der Waals surface area contributed by atoms with Crippen LogP contribution in [0.1, 0.15) is 40.5 Å². The third kappa shape index (κ3) is 4.94. The van der Waals surface area contributed by atoms with Crippen molar-refractivity contribution in [3.8, 4) is 0 Å². The highest BCUT2D eigenvalue weighted by Gasteiger charge is 2.24. The van der Waals surface area contributed by atoms with E-state index in [1.165, 1.54) is 0 Å². The molecule has 0 amide bonds. The lowest BCUT2D eigenvalue weighted by molar-refractivity contribution is -0.157. The van der Waals surface area contributed by atoms with Crippen LogP contribution in [0.3, 0.4) is 0 Å².